The van der Waals surface area contributed by atoms with E-state index in [0.29, 0.717) is 27.3 Å². The van der Waals surface area contributed by atoms with Crippen molar-refractivity contribution in [1.82, 2.24) is 4.90 Å². The monoisotopic (exact) mass is 410 g/mol. The molecule has 2 aromatic rings. The van der Waals surface area contributed by atoms with Gasteiger partial charge in [-0.1, -0.05) is 54.1 Å². The van der Waals surface area contributed by atoms with Gasteiger partial charge in [0, 0.05) is 11.6 Å². The van der Waals surface area contributed by atoms with E-state index in [2.05, 4.69) is 11.6 Å². The highest BCUT2D eigenvalue weighted by Gasteiger charge is 2.32. The predicted octanol–water partition coefficient (Wildman–Crippen LogP) is 5.61. The van der Waals surface area contributed by atoms with E-state index in [1.807, 2.05) is 43.3 Å². The molecule has 0 aromatic heterocycles. The average Bonchev–Trinajstić information content (AvgIpc) is 2.94. The topological polar surface area (TPSA) is 52.9 Å². The van der Waals surface area contributed by atoms with Crippen molar-refractivity contribution in [3.8, 4) is 5.75 Å². The molecule has 1 heterocycles. The van der Waals surface area contributed by atoms with Crippen LogP contribution in [0.4, 0.5) is 5.69 Å². The van der Waals surface area contributed by atoms with Crippen molar-refractivity contribution in [2.75, 3.05) is 6.54 Å². The van der Waals surface area contributed by atoms with Gasteiger partial charge in [-0.2, -0.15) is 0 Å². The molecule has 1 N–H and O–H groups in total. The number of rotatable bonds is 5. The van der Waals surface area contributed by atoms with Crippen LogP contribution >= 0.6 is 23.4 Å². The zero-order chi connectivity index (χ0) is 20.1. The Morgan fingerprint density at radius 2 is 2.04 bits per heavy atom. The average molecular weight is 411 g/mol. The molecule has 4 nitrogen and oxygen atoms in total. The van der Waals surface area contributed by atoms with E-state index in [4.69, 9.17) is 11.6 Å². The van der Waals surface area contributed by atoms with Crippen molar-refractivity contribution >= 4 is 46.2 Å². The van der Waals surface area contributed by atoms with Gasteiger partial charge in [0.2, 0.25) is 0 Å². The molecule has 0 radical (unpaired) electrons. The first-order valence-corrected chi connectivity index (χ1v) is 9.80. The van der Waals surface area contributed by atoms with Crippen LogP contribution in [0.2, 0.25) is 0 Å². The molecule has 1 aliphatic rings. The number of aliphatic imine (C=N–C) groups is 1. The van der Waals surface area contributed by atoms with Gasteiger partial charge in [0.1, 0.15) is 11.4 Å². The summed E-state index contributed by atoms with van der Waals surface area (Å²) in [6.45, 7) is 5.91. The summed E-state index contributed by atoms with van der Waals surface area (Å²) in [7, 11) is 0. The summed E-state index contributed by atoms with van der Waals surface area (Å²) < 4.78 is 0. The first-order valence-electron chi connectivity index (χ1n) is 8.61. The molecular weight excluding hydrogens is 392 g/mol. The summed E-state index contributed by atoms with van der Waals surface area (Å²) in [5.74, 6) is -0.131. The number of benzene rings is 2. The second kappa shape index (κ2) is 8.95. The van der Waals surface area contributed by atoms with Crippen LogP contribution in [0.15, 0.2) is 82.2 Å². The number of hydrogen-bond donors (Lipinski definition) is 1. The molecule has 0 aliphatic carbocycles. The van der Waals surface area contributed by atoms with Crippen molar-refractivity contribution < 1.29 is 9.90 Å². The normalized spacial score (nSPS) is 17.6. The predicted molar refractivity (Wildman–Crippen MR) is 118 cm³/mol. The van der Waals surface area contributed by atoms with Crippen molar-refractivity contribution in [2.24, 2.45) is 4.99 Å². The maximum absolute atomic E-state index is 12.8. The molecule has 1 amide bonds. The maximum Gasteiger partial charge on any atom is 0.267 e. The van der Waals surface area contributed by atoms with E-state index in [1.54, 1.807) is 30.4 Å². The lowest BCUT2D eigenvalue weighted by Crippen LogP contribution is -2.29. The van der Waals surface area contributed by atoms with Crippen LogP contribution in [0.3, 0.4) is 0 Å². The van der Waals surface area contributed by atoms with Gasteiger partial charge in [0.05, 0.1) is 4.91 Å². The quantitative estimate of drug-likeness (QED) is 0.514. The summed E-state index contributed by atoms with van der Waals surface area (Å²) in [5, 5.41) is 11.0. The Labute approximate surface area is 173 Å². The molecular formula is C22H19ClN2O2S. The van der Waals surface area contributed by atoms with Gasteiger partial charge in [0.15, 0.2) is 5.17 Å². The summed E-state index contributed by atoms with van der Waals surface area (Å²) >= 11 is 7.55. The van der Waals surface area contributed by atoms with Gasteiger partial charge in [-0.3, -0.25) is 9.69 Å². The van der Waals surface area contributed by atoms with Gasteiger partial charge >= 0.3 is 0 Å². The minimum absolute atomic E-state index is 0.0681. The number of allylic oxidation sites excluding steroid dienone is 2. The third kappa shape index (κ3) is 4.74. The second-order valence-electron chi connectivity index (χ2n) is 6.14. The van der Waals surface area contributed by atoms with Gasteiger partial charge in [-0.15, -0.1) is 6.58 Å². The highest BCUT2D eigenvalue weighted by atomic mass is 35.5. The highest BCUT2D eigenvalue weighted by Crippen LogP contribution is 2.36. The largest absolute Gasteiger partial charge is 0.506 e. The third-order valence-corrected chi connectivity index (χ3v) is 5.14. The molecule has 0 atom stereocenters. The standard InChI is InChI=1S/C22H19ClN2O2S/c1-3-11-25-21(27)20(14-17(23)13-16-7-5-4-6-8-16)28-22(25)24-18-10-9-15(2)12-19(18)26/h3-10,12-14,26H,1,11H2,2H3/b17-13-,20-14-,24-22?. The Morgan fingerprint density at radius 1 is 1.29 bits per heavy atom. The number of carbonyl (C=O) groups excluding carboxylic acids is 1. The Balaban J connectivity index is 1.93. The fourth-order valence-electron chi connectivity index (χ4n) is 2.59. The minimum Gasteiger partial charge on any atom is -0.506 e. The van der Waals surface area contributed by atoms with E-state index in [9.17, 15) is 9.90 Å². The molecule has 0 unspecified atom stereocenters. The molecule has 28 heavy (non-hydrogen) atoms. The Bertz CT molecular complexity index is 997. The third-order valence-electron chi connectivity index (χ3n) is 3.92. The van der Waals surface area contributed by atoms with Crippen LogP contribution in [0.25, 0.3) is 6.08 Å². The van der Waals surface area contributed by atoms with Crippen LogP contribution < -0.4 is 0 Å². The summed E-state index contributed by atoms with van der Waals surface area (Å²) in [6.07, 6.45) is 5.06. The lowest BCUT2D eigenvalue weighted by Gasteiger charge is -2.12. The SMILES string of the molecule is C=CCN1C(=O)/C(=C/C(Cl)=C/c2ccccc2)SC1=Nc1ccc(C)cc1O. The summed E-state index contributed by atoms with van der Waals surface area (Å²) in [5.41, 5.74) is 2.28. The van der Waals surface area contributed by atoms with Gasteiger partial charge in [0.25, 0.3) is 5.91 Å². The van der Waals surface area contributed by atoms with Gasteiger partial charge < -0.3 is 5.11 Å². The number of thioether (sulfide) groups is 1. The Hall–Kier alpha value is -2.76. The number of amidine groups is 1. The zero-order valence-electron chi connectivity index (χ0n) is 15.3. The van der Waals surface area contributed by atoms with Crippen LogP contribution in [-0.4, -0.2) is 27.6 Å². The number of aromatic hydroxyl groups is 1. The van der Waals surface area contributed by atoms with Crippen molar-refractivity contribution in [2.45, 2.75) is 6.92 Å². The highest BCUT2D eigenvalue weighted by molar-refractivity contribution is 8.18. The van der Waals surface area contributed by atoms with Crippen molar-refractivity contribution in [3.63, 3.8) is 0 Å². The molecule has 0 saturated carbocycles. The number of aryl methyl sites for hydroxylation is 1. The Kier molecular flexibility index (Phi) is 6.39. The summed E-state index contributed by atoms with van der Waals surface area (Å²) in [4.78, 5) is 19.2. The number of nitrogens with zero attached hydrogens (tertiary/aromatic N) is 2. The number of amides is 1. The minimum atomic E-state index is -0.199. The summed E-state index contributed by atoms with van der Waals surface area (Å²) in [6, 6.07) is 14.8. The first kappa shape index (κ1) is 20.0. The Morgan fingerprint density at radius 3 is 2.71 bits per heavy atom. The van der Waals surface area contributed by atoms with E-state index in [-0.39, 0.29) is 11.7 Å². The zero-order valence-corrected chi connectivity index (χ0v) is 16.9. The van der Waals surface area contributed by atoms with Crippen LogP contribution in [0.1, 0.15) is 11.1 Å². The second-order valence-corrected chi connectivity index (χ2v) is 7.59. The fourth-order valence-corrected chi connectivity index (χ4v) is 3.88. The van der Waals surface area contributed by atoms with E-state index in [0.717, 1.165) is 11.1 Å². The number of phenolic OH excluding ortho intramolecular Hbond substituents is 1. The molecule has 1 saturated heterocycles. The molecule has 1 fully saturated rings. The van der Waals surface area contributed by atoms with Gasteiger partial charge in [-0.25, -0.2) is 4.99 Å². The van der Waals surface area contributed by atoms with Crippen LogP contribution in [0.5, 0.6) is 5.75 Å². The van der Waals surface area contributed by atoms with Crippen molar-refractivity contribution in [1.29, 1.82) is 0 Å². The van der Waals surface area contributed by atoms with Crippen molar-refractivity contribution in [3.05, 3.63) is 88.3 Å². The smallest absolute Gasteiger partial charge is 0.267 e. The van der Waals surface area contributed by atoms with E-state index < -0.39 is 0 Å². The lowest BCUT2D eigenvalue weighted by molar-refractivity contribution is -0.121. The molecule has 1 aliphatic heterocycles. The van der Waals surface area contributed by atoms with Gasteiger partial charge in [-0.05, 0) is 54.1 Å². The number of carbonyl (C=O) groups is 1. The first-order chi connectivity index (χ1) is 13.5. The number of phenols is 1. The molecule has 0 spiro atoms. The maximum atomic E-state index is 12.8. The van der Waals surface area contributed by atoms with E-state index >= 15 is 0 Å². The number of halogens is 1. The number of hydrogen-bond acceptors (Lipinski definition) is 4. The lowest BCUT2D eigenvalue weighted by atomic mass is 10.2. The molecule has 2 aromatic carbocycles. The molecule has 142 valence electrons. The molecule has 6 heteroatoms. The van der Waals surface area contributed by atoms with Crippen LogP contribution in [0, 0.1) is 6.92 Å². The molecule has 3 rings (SSSR count). The fraction of sp³-hybridized carbons (Fsp3) is 0.0909. The molecule has 0 bridgehead atoms. The van der Waals surface area contributed by atoms with E-state index in [1.165, 1.54) is 16.7 Å². The van der Waals surface area contributed by atoms with Crippen LogP contribution in [-0.2, 0) is 4.79 Å².